The summed E-state index contributed by atoms with van der Waals surface area (Å²) in [7, 11) is 0. The largest absolute Gasteiger partial charge is 0.480 e. The van der Waals surface area contributed by atoms with Crippen molar-refractivity contribution >= 4 is 35.6 Å². The van der Waals surface area contributed by atoms with E-state index in [1.54, 1.807) is 30.3 Å². The number of carbonyl (C=O) groups is 5. The van der Waals surface area contributed by atoms with Gasteiger partial charge in [-0.25, -0.2) is 9.78 Å². The smallest absolute Gasteiger partial charge is 0.326 e. The average Bonchev–Trinajstić information content (AvgIpc) is 3.43. The lowest BCUT2D eigenvalue weighted by Gasteiger charge is -2.25. The van der Waals surface area contributed by atoms with Gasteiger partial charge in [0.2, 0.25) is 23.6 Å². The maximum Gasteiger partial charge on any atom is 0.326 e. The molecular formula is C25H36N10O6. The average molecular weight is 573 g/mol. The van der Waals surface area contributed by atoms with Gasteiger partial charge in [0.1, 0.15) is 18.1 Å². The first-order valence-electron chi connectivity index (χ1n) is 12.7. The van der Waals surface area contributed by atoms with E-state index in [4.69, 9.17) is 22.9 Å². The highest BCUT2D eigenvalue weighted by Crippen LogP contribution is 2.07. The third-order valence-corrected chi connectivity index (χ3v) is 5.85. The molecule has 222 valence electrons. The number of amides is 4. The van der Waals surface area contributed by atoms with Gasteiger partial charge in [-0.15, -0.1) is 0 Å². The van der Waals surface area contributed by atoms with E-state index in [-0.39, 0.29) is 31.8 Å². The van der Waals surface area contributed by atoms with Crippen LogP contribution in [0.15, 0.2) is 47.8 Å². The number of benzene rings is 1. The first-order chi connectivity index (χ1) is 19.5. The van der Waals surface area contributed by atoms with E-state index in [1.807, 2.05) is 0 Å². The lowest BCUT2D eigenvalue weighted by atomic mass is 10.0. The number of nitrogens with two attached hydrogens (primary N) is 4. The van der Waals surface area contributed by atoms with E-state index in [9.17, 15) is 29.1 Å². The van der Waals surface area contributed by atoms with Crippen molar-refractivity contribution in [2.24, 2.45) is 27.9 Å². The van der Waals surface area contributed by atoms with Crippen molar-refractivity contribution in [3.05, 3.63) is 54.1 Å². The highest BCUT2D eigenvalue weighted by molar-refractivity contribution is 5.96. The molecule has 1 heterocycles. The number of hydrogen-bond acceptors (Lipinski definition) is 8. The topological polar surface area (TPSA) is 287 Å². The molecule has 0 bridgehead atoms. The molecule has 4 atom stereocenters. The zero-order valence-electron chi connectivity index (χ0n) is 22.3. The lowest BCUT2D eigenvalue weighted by molar-refractivity contribution is -0.142. The van der Waals surface area contributed by atoms with Crippen LogP contribution in [0.2, 0.25) is 0 Å². The predicted molar refractivity (Wildman–Crippen MR) is 148 cm³/mol. The van der Waals surface area contributed by atoms with Crippen molar-refractivity contribution in [2.75, 3.05) is 6.54 Å². The number of aromatic amines is 1. The van der Waals surface area contributed by atoms with Crippen LogP contribution in [0.1, 0.15) is 30.5 Å². The van der Waals surface area contributed by atoms with Crippen LogP contribution in [0.3, 0.4) is 0 Å². The Labute approximate surface area is 235 Å². The van der Waals surface area contributed by atoms with E-state index in [2.05, 4.69) is 30.9 Å². The Hall–Kier alpha value is -4.99. The fourth-order valence-corrected chi connectivity index (χ4v) is 3.76. The molecule has 4 amide bonds. The van der Waals surface area contributed by atoms with Gasteiger partial charge in [-0.2, -0.15) is 0 Å². The van der Waals surface area contributed by atoms with E-state index in [0.717, 1.165) is 0 Å². The summed E-state index contributed by atoms with van der Waals surface area (Å²) >= 11 is 0. The summed E-state index contributed by atoms with van der Waals surface area (Å²) in [5.41, 5.74) is 22.9. The van der Waals surface area contributed by atoms with E-state index < -0.39 is 60.2 Å². The minimum Gasteiger partial charge on any atom is -0.480 e. The zero-order valence-corrected chi connectivity index (χ0v) is 22.3. The molecule has 0 fully saturated rings. The quantitative estimate of drug-likeness (QED) is 0.0525. The van der Waals surface area contributed by atoms with Crippen molar-refractivity contribution in [3.63, 3.8) is 0 Å². The number of carbonyl (C=O) groups excluding carboxylic acids is 4. The number of rotatable bonds is 17. The maximum absolute atomic E-state index is 13.3. The standard InChI is InChI=1S/C25H36N10O6/c26-16(7-4-8-31-25(28)29)21(37)33-18(11-20(27)36)23(39)34-17(9-14-5-2-1-3-6-14)22(38)35-19(24(40)41)10-15-12-30-13-32-15/h1-3,5-6,12-13,16-19H,4,7-11,26H2,(H2,27,36)(H,30,32)(H,33,37)(H,34,39)(H,35,38)(H,40,41)(H4,28,29,31). The molecule has 16 nitrogen and oxygen atoms in total. The molecule has 1 aromatic heterocycles. The first kappa shape index (κ1) is 32.2. The van der Waals surface area contributed by atoms with Crippen LogP contribution >= 0.6 is 0 Å². The molecule has 41 heavy (non-hydrogen) atoms. The number of aliphatic imine (C=N–C) groups is 1. The van der Waals surface area contributed by atoms with Crippen LogP contribution in [0.25, 0.3) is 0 Å². The second kappa shape index (κ2) is 16.2. The molecule has 0 aliphatic carbocycles. The highest BCUT2D eigenvalue weighted by Gasteiger charge is 2.31. The molecule has 0 saturated carbocycles. The van der Waals surface area contributed by atoms with Gasteiger partial charge in [-0.3, -0.25) is 24.2 Å². The van der Waals surface area contributed by atoms with Gasteiger partial charge in [0, 0.05) is 31.3 Å². The number of imidazole rings is 1. The second-order valence-electron chi connectivity index (χ2n) is 9.22. The Kier molecular flexibility index (Phi) is 12.7. The zero-order chi connectivity index (χ0) is 30.4. The Bertz CT molecular complexity index is 1200. The van der Waals surface area contributed by atoms with Crippen LogP contribution in [-0.4, -0.2) is 81.3 Å². The molecular weight excluding hydrogens is 536 g/mol. The molecule has 2 rings (SSSR count). The molecule has 16 heteroatoms. The normalized spacial score (nSPS) is 13.6. The van der Waals surface area contributed by atoms with Crippen LogP contribution in [-0.2, 0) is 36.8 Å². The number of carboxylic acids is 1. The number of guanidine groups is 1. The molecule has 0 aliphatic rings. The summed E-state index contributed by atoms with van der Waals surface area (Å²) in [4.78, 5) is 73.1. The monoisotopic (exact) mass is 572 g/mol. The summed E-state index contributed by atoms with van der Waals surface area (Å²) < 4.78 is 0. The molecule has 0 spiro atoms. The van der Waals surface area contributed by atoms with Crippen LogP contribution in [0, 0.1) is 0 Å². The molecule has 1 aromatic carbocycles. The van der Waals surface area contributed by atoms with E-state index in [1.165, 1.54) is 12.5 Å². The van der Waals surface area contributed by atoms with Gasteiger partial charge in [0.05, 0.1) is 18.8 Å². The van der Waals surface area contributed by atoms with Gasteiger partial charge in [-0.05, 0) is 18.4 Å². The van der Waals surface area contributed by atoms with Crippen molar-refractivity contribution in [3.8, 4) is 0 Å². The van der Waals surface area contributed by atoms with Gasteiger partial charge in [0.25, 0.3) is 0 Å². The van der Waals surface area contributed by atoms with Crippen LogP contribution in [0.4, 0.5) is 0 Å². The third-order valence-electron chi connectivity index (χ3n) is 5.85. The number of hydrogen-bond donors (Lipinski definition) is 9. The summed E-state index contributed by atoms with van der Waals surface area (Å²) in [5, 5.41) is 17.0. The van der Waals surface area contributed by atoms with Crippen molar-refractivity contribution in [2.45, 2.75) is 56.3 Å². The Balaban J connectivity index is 2.17. The van der Waals surface area contributed by atoms with Crippen LogP contribution in [0.5, 0.6) is 0 Å². The number of aliphatic carboxylic acids is 1. The number of nitrogens with zero attached hydrogens (tertiary/aromatic N) is 2. The Morgan fingerprint density at radius 1 is 0.902 bits per heavy atom. The summed E-state index contributed by atoms with van der Waals surface area (Å²) in [6, 6.07) is 3.56. The predicted octanol–water partition coefficient (Wildman–Crippen LogP) is -3.01. The lowest BCUT2D eigenvalue weighted by Crippen LogP contribution is -2.58. The number of primary amides is 1. The van der Waals surface area contributed by atoms with Crippen molar-refractivity contribution in [1.29, 1.82) is 0 Å². The fraction of sp³-hybridized carbons (Fsp3) is 0.400. The third kappa shape index (κ3) is 11.7. The van der Waals surface area contributed by atoms with Crippen molar-refractivity contribution in [1.82, 2.24) is 25.9 Å². The number of carboxylic acid groups (broad SMARTS) is 1. The summed E-state index contributed by atoms with van der Waals surface area (Å²) in [5.74, 6) is -4.71. The summed E-state index contributed by atoms with van der Waals surface area (Å²) in [6.45, 7) is 0.239. The molecule has 0 aliphatic heterocycles. The highest BCUT2D eigenvalue weighted by atomic mass is 16.4. The van der Waals surface area contributed by atoms with E-state index >= 15 is 0 Å². The minimum atomic E-state index is -1.45. The minimum absolute atomic E-state index is 0.0175. The maximum atomic E-state index is 13.3. The van der Waals surface area contributed by atoms with Crippen LogP contribution < -0.4 is 38.9 Å². The second-order valence-corrected chi connectivity index (χ2v) is 9.22. The first-order valence-corrected chi connectivity index (χ1v) is 12.7. The van der Waals surface area contributed by atoms with Crippen molar-refractivity contribution < 1.29 is 29.1 Å². The Morgan fingerprint density at radius 2 is 1.54 bits per heavy atom. The number of H-pyrrole nitrogens is 1. The molecule has 0 radical (unpaired) electrons. The molecule has 13 N–H and O–H groups in total. The molecule has 2 aromatic rings. The molecule has 0 saturated heterocycles. The number of aromatic nitrogens is 2. The van der Waals surface area contributed by atoms with Gasteiger partial charge < -0.3 is 49.0 Å². The molecule has 4 unspecified atom stereocenters. The van der Waals surface area contributed by atoms with E-state index in [0.29, 0.717) is 17.7 Å². The van der Waals surface area contributed by atoms with Gasteiger partial charge >= 0.3 is 5.97 Å². The van der Waals surface area contributed by atoms with Gasteiger partial charge in [-0.1, -0.05) is 30.3 Å². The van der Waals surface area contributed by atoms with Gasteiger partial charge in [0.15, 0.2) is 5.96 Å². The SMILES string of the molecule is NC(=O)CC(NC(=O)C(N)CCCN=C(N)N)C(=O)NC(Cc1ccccc1)C(=O)NC(Cc1cnc[nH]1)C(=O)O. The Morgan fingerprint density at radius 3 is 2.12 bits per heavy atom. The number of nitrogens with one attached hydrogen (secondary N) is 4. The summed E-state index contributed by atoms with van der Waals surface area (Å²) in [6.07, 6.45) is 2.67. The fourth-order valence-electron chi connectivity index (χ4n) is 3.76.